The van der Waals surface area contributed by atoms with Gasteiger partial charge in [-0.2, -0.15) is 0 Å². The molecule has 0 unspecified atom stereocenters. The van der Waals surface area contributed by atoms with Gasteiger partial charge in [-0.05, 0) is 42.5 Å². The van der Waals surface area contributed by atoms with Crippen LogP contribution in [0.4, 0.5) is 5.69 Å². The highest BCUT2D eigenvalue weighted by atomic mass is 16.2. The van der Waals surface area contributed by atoms with Crippen LogP contribution < -0.4 is 10.2 Å². The standard InChI is InChI=1S/C15H20N2O/c18-15(11-17-8-1-2-9-17)16-14-7-6-12-4-3-5-13(12)10-14/h6-7,10H,1-5,8-9,11H2,(H,16,18)/p+1. The molecule has 3 rings (SSSR count). The van der Waals surface area contributed by atoms with Crippen molar-refractivity contribution >= 4 is 11.6 Å². The van der Waals surface area contributed by atoms with Crippen LogP contribution in [0.5, 0.6) is 0 Å². The predicted molar refractivity (Wildman–Crippen MR) is 71.9 cm³/mol. The average Bonchev–Trinajstić information content (AvgIpc) is 2.98. The Balaban J connectivity index is 1.60. The number of rotatable bonds is 3. The van der Waals surface area contributed by atoms with E-state index < -0.39 is 0 Å². The van der Waals surface area contributed by atoms with Gasteiger partial charge < -0.3 is 10.2 Å². The largest absolute Gasteiger partial charge is 0.327 e. The molecule has 3 heteroatoms. The highest BCUT2D eigenvalue weighted by Gasteiger charge is 2.19. The second-order valence-corrected chi connectivity index (χ2v) is 5.52. The number of benzene rings is 1. The third-order valence-corrected chi connectivity index (χ3v) is 4.10. The Morgan fingerprint density at radius 2 is 1.89 bits per heavy atom. The maximum Gasteiger partial charge on any atom is 0.279 e. The van der Waals surface area contributed by atoms with Gasteiger partial charge in [0.25, 0.3) is 5.91 Å². The third kappa shape index (κ3) is 2.56. The molecule has 1 aliphatic carbocycles. The zero-order chi connectivity index (χ0) is 12.4. The number of anilines is 1. The summed E-state index contributed by atoms with van der Waals surface area (Å²) in [6.07, 6.45) is 6.14. The van der Waals surface area contributed by atoms with Crippen LogP contribution in [0.1, 0.15) is 30.4 Å². The van der Waals surface area contributed by atoms with Crippen molar-refractivity contribution < 1.29 is 9.69 Å². The van der Waals surface area contributed by atoms with E-state index in [2.05, 4.69) is 17.4 Å². The summed E-state index contributed by atoms with van der Waals surface area (Å²) >= 11 is 0. The smallest absolute Gasteiger partial charge is 0.279 e. The van der Waals surface area contributed by atoms with Crippen molar-refractivity contribution in [3.63, 3.8) is 0 Å². The topological polar surface area (TPSA) is 33.5 Å². The van der Waals surface area contributed by atoms with E-state index in [-0.39, 0.29) is 5.91 Å². The average molecular weight is 245 g/mol. The molecule has 1 saturated heterocycles. The van der Waals surface area contributed by atoms with Gasteiger partial charge in [0.15, 0.2) is 6.54 Å². The van der Waals surface area contributed by atoms with E-state index in [0.717, 1.165) is 25.2 Å². The minimum atomic E-state index is 0.157. The quantitative estimate of drug-likeness (QED) is 0.811. The number of hydrogen-bond acceptors (Lipinski definition) is 1. The van der Waals surface area contributed by atoms with Crippen LogP contribution in [0, 0.1) is 0 Å². The molecule has 1 aromatic carbocycles. The SMILES string of the molecule is O=C(C[NH+]1CCCC1)Nc1ccc2c(c1)CCC2. The molecule has 0 saturated carbocycles. The maximum atomic E-state index is 11.9. The Morgan fingerprint density at radius 3 is 2.72 bits per heavy atom. The normalized spacial score (nSPS) is 18.9. The van der Waals surface area contributed by atoms with Crippen molar-refractivity contribution in [2.75, 3.05) is 25.0 Å². The van der Waals surface area contributed by atoms with Crippen molar-refractivity contribution in [3.05, 3.63) is 29.3 Å². The minimum Gasteiger partial charge on any atom is -0.327 e. The molecule has 0 atom stereocenters. The number of quaternary nitrogens is 1. The maximum absolute atomic E-state index is 11.9. The molecule has 0 radical (unpaired) electrons. The highest BCUT2D eigenvalue weighted by molar-refractivity contribution is 5.91. The van der Waals surface area contributed by atoms with Gasteiger partial charge in [-0.25, -0.2) is 0 Å². The number of nitrogens with one attached hydrogen (secondary N) is 2. The summed E-state index contributed by atoms with van der Waals surface area (Å²) in [5, 5.41) is 3.04. The van der Waals surface area contributed by atoms with Crippen LogP contribution >= 0.6 is 0 Å². The summed E-state index contributed by atoms with van der Waals surface area (Å²) in [5.74, 6) is 0.157. The fourth-order valence-corrected chi connectivity index (χ4v) is 3.13. The number of aryl methyl sites for hydroxylation is 2. The lowest BCUT2D eigenvalue weighted by atomic mass is 10.1. The number of fused-ring (bicyclic) bond motifs is 1. The first-order chi connectivity index (χ1) is 8.81. The van der Waals surface area contributed by atoms with Gasteiger partial charge in [0.05, 0.1) is 13.1 Å². The number of hydrogen-bond donors (Lipinski definition) is 2. The van der Waals surface area contributed by atoms with E-state index >= 15 is 0 Å². The second kappa shape index (κ2) is 5.11. The van der Waals surface area contributed by atoms with Crippen molar-refractivity contribution in [2.45, 2.75) is 32.1 Å². The molecule has 96 valence electrons. The first-order valence-electron chi connectivity index (χ1n) is 7.06. The van der Waals surface area contributed by atoms with E-state index in [1.165, 1.54) is 41.7 Å². The first-order valence-corrected chi connectivity index (χ1v) is 7.06. The molecular weight excluding hydrogens is 224 g/mol. The molecule has 0 bridgehead atoms. The molecule has 2 aliphatic rings. The van der Waals surface area contributed by atoms with Crippen molar-refractivity contribution in [1.82, 2.24) is 0 Å². The van der Waals surface area contributed by atoms with E-state index in [0.29, 0.717) is 6.54 Å². The number of carbonyl (C=O) groups excluding carboxylic acids is 1. The summed E-state index contributed by atoms with van der Waals surface area (Å²) in [7, 11) is 0. The zero-order valence-electron chi connectivity index (χ0n) is 10.8. The number of amides is 1. The third-order valence-electron chi connectivity index (χ3n) is 4.10. The zero-order valence-corrected chi connectivity index (χ0v) is 10.8. The van der Waals surface area contributed by atoms with E-state index in [4.69, 9.17) is 0 Å². The second-order valence-electron chi connectivity index (χ2n) is 5.52. The fourth-order valence-electron chi connectivity index (χ4n) is 3.13. The van der Waals surface area contributed by atoms with Crippen LogP contribution in [0.25, 0.3) is 0 Å². The monoisotopic (exact) mass is 245 g/mol. The lowest BCUT2D eigenvalue weighted by Crippen LogP contribution is -3.11. The van der Waals surface area contributed by atoms with Crippen LogP contribution in [0.2, 0.25) is 0 Å². The summed E-state index contributed by atoms with van der Waals surface area (Å²) in [5.41, 5.74) is 3.85. The molecule has 18 heavy (non-hydrogen) atoms. The van der Waals surface area contributed by atoms with Gasteiger partial charge in [-0.15, -0.1) is 0 Å². The molecule has 1 aromatic rings. The van der Waals surface area contributed by atoms with Crippen LogP contribution in [0.15, 0.2) is 18.2 Å². The molecule has 1 amide bonds. The van der Waals surface area contributed by atoms with Crippen LogP contribution in [0.3, 0.4) is 0 Å². The predicted octanol–water partition coefficient (Wildman–Crippen LogP) is 0.792. The molecule has 1 fully saturated rings. The van der Waals surface area contributed by atoms with Gasteiger partial charge in [-0.3, -0.25) is 4.79 Å². The fraction of sp³-hybridized carbons (Fsp3) is 0.533. The molecule has 1 heterocycles. The molecule has 2 N–H and O–H groups in total. The Labute approximate surface area is 108 Å². The summed E-state index contributed by atoms with van der Waals surface area (Å²) < 4.78 is 0. The Hall–Kier alpha value is -1.35. The minimum absolute atomic E-state index is 0.157. The van der Waals surface area contributed by atoms with E-state index in [1.807, 2.05) is 6.07 Å². The Kier molecular flexibility index (Phi) is 3.33. The summed E-state index contributed by atoms with van der Waals surface area (Å²) in [4.78, 5) is 13.4. The first kappa shape index (κ1) is 11.7. The van der Waals surface area contributed by atoms with Gasteiger partial charge in [0.2, 0.25) is 0 Å². The lowest BCUT2D eigenvalue weighted by molar-refractivity contribution is -0.878. The van der Waals surface area contributed by atoms with Gasteiger partial charge in [0.1, 0.15) is 0 Å². The highest BCUT2D eigenvalue weighted by Crippen LogP contribution is 2.24. The van der Waals surface area contributed by atoms with Gasteiger partial charge in [0, 0.05) is 18.5 Å². The van der Waals surface area contributed by atoms with E-state index in [9.17, 15) is 4.79 Å². The number of carbonyl (C=O) groups is 1. The van der Waals surface area contributed by atoms with Gasteiger partial charge >= 0.3 is 0 Å². The Bertz CT molecular complexity index is 450. The summed E-state index contributed by atoms with van der Waals surface area (Å²) in [6, 6.07) is 6.36. The van der Waals surface area contributed by atoms with E-state index in [1.54, 1.807) is 0 Å². The number of likely N-dealkylation sites (tertiary alicyclic amines) is 1. The lowest BCUT2D eigenvalue weighted by Gasteiger charge is -2.12. The molecule has 0 spiro atoms. The van der Waals surface area contributed by atoms with Crippen LogP contribution in [-0.4, -0.2) is 25.5 Å². The molecular formula is C15H21N2O+. The summed E-state index contributed by atoms with van der Waals surface area (Å²) in [6.45, 7) is 2.92. The molecule has 3 nitrogen and oxygen atoms in total. The molecule has 0 aromatic heterocycles. The van der Waals surface area contributed by atoms with Crippen molar-refractivity contribution in [3.8, 4) is 0 Å². The van der Waals surface area contributed by atoms with Crippen molar-refractivity contribution in [2.24, 2.45) is 0 Å². The van der Waals surface area contributed by atoms with Gasteiger partial charge in [-0.1, -0.05) is 6.07 Å². The van der Waals surface area contributed by atoms with Crippen LogP contribution in [-0.2, 0) is 17.6 Å². The Morgan fingerprint density at radius 1 is 1.11 bits per heavy atom. The molecule has 1 aliphatic heterocycles. The van der Waals surface area contributed by atoms with Crippen molar-refractivity contribution in [1.29, 1.82) is 0 Å².